The number of amides is 1. The topological polar surface area (TPSA) is 51.2 Å². The van der Waals surface area contributed by atoms with Crippen LogP contribution >= 0.6 is 11.3 Å². The summed E-state index contributed by atoms with van der Waals surface area (Å²) in [5.41, 5.74) is 2.89. The molecule has 1 amide bonds. The number of ether oxygens (including phenoxy) is 1. The second kappa shape index (κ2) is 8.43. The van der Waals surface area contributed by atoms with Gasteiger partial charge in [0.05, 0.1) is 17.8 Å². The number of aromatic nitrogens is 1. The Hall–Kier alpha value is -2.87. The minimum Gasteiger partial charge on any atom is -0.482 e. The Morgan fingerprint density at radius 1 is 1.14 bits per heavy atom. The number of rotatable bonds is 6. The summed E-state index contributed by atoms with van der Waals surface area (Å²) >= 11 is 1.43. The summed E-state index contributed by atoms with van der Waals surface area (Å²) in [7, 11) is 0. The molecule has 1 heterocycles. The van der Waals surface area contributed by atoms with Crippen molar-refractivity contribution in [3.05, 3.63) is 65.2 Å². The molecule has 0 radical (unpaired) electrons. The van der Waals surface area contributed by atoms with Crippen LogP contribution in [-0.4, -0.2) is 23.7 Å². The molecule has 0 fully saturated rings. The van der Waals surface area contributed by atoms with Gasteiger partial charge in [-0.15, -0.1) is 11.3 Å². The fraction of sp³-hybridized carbons (Fsp3) is 0.200. The number of nitrogens with one attached hydrogen (secondary N) is 1. The Morgan fingerprint density at radius 2 is 1.86 bits per heavy atom. The molecule has 0 aliphatic rings. The Balaban J connectivity index is 1.64. The SMILES string of the molecule is Cc1ccc(-c2nc(CC(=O)Nc3ccccc3OCC(F)(F)F)cs2)cc1. The number of anilines is 1. The fourth-order valence-electron chi connectivity index (χ4n) is 2.43. The Morgan fingerprint density at radius 3 is 2.57 bits per heavy atom. The van der Waals surface area contributed by atoms with E-state index >= 15 is 0 Å². The molecule has 0 saturated carbocycles. The summed E-state index contributed by atoms with van der Waals surface area (Å²) in [6, 6.07) is 13.9. The maximum Gasteiger partial charge on any atom is 0.422 e. The number of hydrogen-bond acceptors (Lipinski definition) is 4. The molecule has 1 aromatic heterocycles. The number of carbonyl (C=O) groups is 1. The van der Waals surface area contributed by atoms with E-state index in [4.69, 9.17) is 4.74 Å². The fourth-order valence-corrected chi connectivity index (χ4v) is 3.26. The largest absolute Gasteiger partial charge is 0.482 e. The smallest absolute Gasteiger partial charge is 0.422 e. The van der Waals surface area contributed by atoms with Gasteiger partial charge in [0.15, 0.2) is 6.61 Å². The van der Waals surface area contributed by atoms with Crippen molar-refractivity contribution in [2.75, 3.05) is 11.9 Å². The third-order valence-corrected chi connectivity index (χ3v) is 4.68. The first kappa shape index (κ1) is 19.9. The number of aryl methyl sites for hydroxylation is 1. The van der Waals surface area contributed by atoms with Crippen LogP contribution in [0.5, 0.6) is 5.75 Å². The minimum atomic E-state index is -4.45. The molecule has 0 spiro atoms. The Labute approximate surface area is 164 Å². The standard InChI is InChI=1S/C20H17F3N2O2S/c1-13-6-8-14(9-7-13)19-24-15(11-28-19)10-18(26)25-16-4-2-3-5-17(16)27-12-20(21,22)23/h2-9,11H,10,12H2,1H3,(H,25,26). The zero-order valence-electron chi connectivity index (χ0n) is 14.9. The van der Waals surface area contributed by atoms with Crippen LogP contribution in [0.1, 0.15) is 11.3 Å². The zero-order chi connectivity index (χ0) is 20.1. The van der Waals surface area contributed by atoms with Gasteiger partial charge in [0.25, 0.3) is 0 Å². The quantitative estimate of drug-likeness (QED) is 0.609. The monoisotopic (exact) mass is 406 g/mol. The van der Waals surface area contributed by atoms with Crippen molar-refractivity contribution < 1.29 is 22.7 Å². The summed E-state index contributed by atoms with van der Waals surface area (Å²) in [6.45, 7) is 0.573. The number of nitrogens with zero attached hydrogens (tertiary/aromatic N) is 1. The van der Waals surface area contributed by atoms with E-state index in [0.717, 1.165) is 16.1 Å². The molecule has 0 unspecified atom stereocenters. The van der Waals surface area contributed by atoms with Crippen LogP contribution in [0.25, 0.3) is 10.6 Å². The van der Waals surface area contributed by atoms with Gasteiger partial charge in [-0.2, -0.15) is 13.2 Å². The van der Waals surface area contributed by atoms with E-state index in [9.17, 15) is 18.0 Å². The molecule has 28 heavy (non-hydrogen) atoms. The van der Waals surface area contributed by atoms with Gasteiger partial charge in [0.2, 0.25) is 5.91 Å². The third-order valence-electron chi connectivity index (χ3n) is 3.74. The molecule has 4 nitrogen and oxygen atoms in total. The first-order valence-corrected chi connectivity index (χ1v) is 9.28. The maximum atomic E-state index is 12.4. The zero-order valence-corrected chi connectivity index (χ0v) is 15.7. The second-order valence-corrected chi connectivity index (χ2v) is 6.99. The number of carbonyl (C=O) groups excluding carboxylic acids is 1. The minimum absolute atomic E-state index is 0.00989. The van der Waals surface area contributed by atoms with Crippen molar-refractivity contribution in [3.8, 4) is 16.3 Å². The average Bonchev–Trinajstić information content (AvgIpc) is 3.09. The predicted molar refractivity (Wildman–Crippen MR) is 103 cm³/mol. The summed E-state index contributed by atoms with van der Waals surface area (Å²) in [6.07, 6.45) is -4.44. The van der Waals surface area contributed by atoms with Crippen LogP contribution in [-0.2, 0) is 11.2 Å². The highest BCUT2D eigenvalue weighted by Gasteiger charge is 2.28. The van der Waals surface area contributed by atoms with Crippen LogP contribution in [0, 0.1) is 6.92 Å². The molecule has 146 valence electrons. The van der Waals surface area contributed by atoms with Gasteiger partial charge in [-0.05, 0) is 19.1 Å². The number of alkyl halides is 3. The van der Waals surface area contributed by atoms with Crippen molar-refractivity contribution in [1.29, 1.82) is 0 Å². The highest BCUT2D eigenvalue weighted by Crippen LogP contribution is 2.27. The lowest BCUT2D eigenvalue weighted by Crippen LogP contribution is -2.20. The van der Waals surface area contributed by atoms with Crippen LogP contribution in [0.2, 0.25) is 0 Å². The van der Waals surface area contributed by atoms with Crippen molar-refractivity contribution in [2.24, 2.45) is 0 Å². The number of benzene rings is 2. The van der Waals surface area contributed by atoms with E-state index in [-0.39, 0.29) is 23.8 Å². The molecular weight excluding hydrogens is 389 g/mol. The van der Waals surface area contributed by atoms with Gasteiger partial charge in [-0.25, -0.2) is 4.98 Å². The highest BCUT2D eigenvalue weighted by atomic mass is 32.1. The van der Waals surface area contributed by atoms with Gasteiger partial charge < -0.3 is 10.1 Å². The summed E-state index contributed by atoms with van der Waals surface area (Å²) in [5, 5.41) is 5.18. The van der Waals surface area contributed by atoms with Crippen LogP contribution in [0.15, 0.2) is 53.9 Å². The Kier molecular flexibility index (Phi) is 5.99. The number of thiazole rings is 1. The molecule has 1 N–H and O–H groups in total. The molecule has 8 heteroatoms. The lowest BCUT2D eigenvalue weighted by Gasteiger charge is -2.13. The van der Waals surface area contributed by atoms with Crippen molar-refractivity contribution in [2.45, 2.75) is 19.5 Å². The molecule has 2 aromatic carbocycles. The molecule has 3 rings (SSSR count). The molecule has 0 aliphatic heterocycles. The van der Waals surface area contributed by atoms with E-state index in [0.29, 0.717) is 5.69 Å². The second-order valence-electron chi connectivity index (χ2n) is 6.13. The van der Waals surface area contributed by atoms with E-state index in [1.54, 1.807) is 11.4 Å². The first-order chi connectivity index (χ1) is 13.3. The molecular formula is C20H17F3N2O2S. The van der Waals surface area contributed by atoms with Crippen molar-refractivity contribution in [1.82, 2.24) is 4.98 Å². The number of hydrogen-bond donors (Lipinski definition) is 1. The van der Waals surface area contributed by atoms with Crippen LogP contribution in [0.4, 0.5) is 18.9 Å². The van der Waals surface area contributed by atoms with E-state index in [1.807, 2.05) is 31.2 Å². The molecule has 3 aromatic rings. The van der Waals surface area contributed by atoms with Gasteiger partial charge in [-0.3, -0.25) is 4.79 Å². The third kappa shape index (κ3) is 5.56. The van der Waals surface area contributed by atoms with E-state index < -0.39 is 12.8 Å². The van der Waals surface area contributed by atoms with Gasteiger partial charge in [0, 0.05) is 10.9 Å². The lowest BCUT2D eigenvalue weighted by molar-refractivity contribution is -0.153. The molecule has 0 saturated heterocycles. The van der Waals surface area contributed by atoms with E-state index in [2.05, 4.69) is 10.3 Å². The first-order valence-electron chi connectivity index (χ1n) is 8.40. The molecule has 0 aliphatic carbocycles. The van der Waals surface area contributed by atoms with Gasteiger partial charge in [0.1, 0.15) is 10.8 Å². The lowest BCUT2D eigenvalue weighted by atomic mass is 10.2. The summed E-state index contributed by atoms with van der Waals surface area (Å²) in [5.74, 6) is -0.421. The van der Waals surface area contributed by atoms with Crippen molar-refractivity contribution in [3.63, 3.8) is 0 Å². The highest BCUT2D eigenvalue weighted by molar-refractivity contribution is 7.13. The average molecular weight is 406 g/mol. The number of halogens is 3. The maximum absolute atomic E-state index is 12.4. The van der Waals surface area contributed by atoms with Crippen LogP contribution < -0.4 is 10.1 Å². The number of para-hydroxylation sites is 2. The molecule has 0 bridgehead atoms. The van der Waals surface area contributed by atoms with Crippen molar-refractivity contribution >= 4 is 22.9 Å². The van der Waals surface area contributed by atoms with E-state index in [1.165, 1.54) is 29.5 Å². The Bertz CT molecular complexity index is 953. The summed E-state index contributed by atoms with van der Waals surface area (Å²) in [4.78, 5) is 16.8. The predicted octanol–water partition coefficient (Wildman–Crippen LogP) is 5.24. The molecule has 0 atom stereocenters. The van der Waals surface area contributed by atoms with Crippen LogP contribution in [0.3, 0.4) is 0 Å². The summed E-state index contributed by atoms with van der Waals surface area (Å²) < 4.78 is 41.9. The van der Waals surface area contributed by atoms with Gasteiger partial charge in [-0.1, -0.05) is 42.0 Å². The normalized spacial score (nSPS) is 11.3. The van der Waals surface area contributed by atoms with Gasteiger partial charge >= 0.3 is 6.18 Å².